The van der Waals surface area contributed by atoms with E-state index in [4.69, 9.17) is 0 Å². The number of amides is 2. The molecule has 2 aromatic heterocycles. The van der Waals surface area contributed by atoms with Gasteiger partial charge in [-0.3, -0.25) is 4.98 Å². The third kappa shape index (κ3) is 2.66. The van der Waals surface area contributed by atoms with Crippen LogP contribution >= 0.6 is 0 Å². The highest BCUT2D eigenvalue weighted by Gasteiger charge is 2.30. The monoisotopic (exact) mass is 270 g/mol. The summed E-state index contributed by atoms with van der Waals surface area (Å²) in [6.07, 6.45) is 5.69. The van der Waals surface area contributed by atoms with Crippen molar-refractivity contribution in [3.8, 4) is 0 Å². The Morgan fingerprint density at radius 2 is 2.35 bits per heavy atom. The van der Waals surface area contributed by atoms with E-state index in [0.29, 0.717) is 6.54 Å². The van der Waals surface area contributed by atoms with Crippen LogP contribution in [0, 0.1) is 0 Å². The zero-order valence-corrected chi connectivity index (χ0v) is 11.2. The van der Waals surface area contributed by atoms with Crippen molar-refractivity contribution in [1.29, 1.82) is 0 Å². The van der Waals surface area contributed by atoms with Crippen LogP contribution in [0.1, 0.15) is 30.3 Å². The molecule has 2 amide bonds. The van der Waals surface area contributed by atoms with Crippen LogP contribution in [0.2, 0.25) is 0 Å². The number of aromatic amines is 1. The molecule has 1 fully saturated rings. The number of hydrogen-bond donors (Lipinski definition) is 2. The number of carbonyl (C=O) groups excluding carboxylic acids is 1. The van der Waals surface area contributed by atoms with Gasteiger partial charge in [0.15, 0.2) is 0 Å². The average Bonchev–Trinajstić information content (AvgIpc) is 3.15. The first kappa shape index (κ1) is 12.7. The first-order chi connectivity index (χ1) is 9.84. The number of nitrogens with one attached hydrogen (secondary N) is 2. The summed E-state index contributed by atoms with van der Waals surface area (Å²) in [4.78, 5) is 21.6. The van der Waals surface area contributed by atoms with Gasteiger partial charge < -0.3 is 15.2 Å². The molecule has 1 aliphatic heterocycles. The zero-order valence-electron chi connectivity index (χ0n) is 11.2. The number of carbonyl (C=O) groups is 1. The van der Waals surface area contributed by atoms with Crippen molar-refractivity contribution in [3.63, 3.8) is 0 Å². The minimum Gasteiger partial charge on any atom is -0.363 e. The van der Waals surface area contributed by atoms with E-state index in [1.807, 2.05) is 41.4 Å². The quantitative estimate of drug-likeness (QED) is 0.900. The highest BCUT2D eigenvalue weighted by molar-refractivity contribution is 5.75. The Balaban J connectivity index is 1.62. The molecule has 2 N–H and O–H groups in total. The molecule has 1 atom stereocenters. The van der Waals surface area contributed by atoms with Crippen LogP contribution in [0.5, 0.6) is 0 Å². The molecule has 0 aliphatic carbocycles. The molecule has 1 saturated heterocycles. The van der Waals surface area contributed by atoms with Crippen molar-refractivity contribution in [3.05, 3.63) is 54.1 Å². The van der Waals surface area contributed by atoms with Gasteiger partial charge in [0.1, 0.15) is 0 Å². The molecule has 1 unspecified atom stereocenters. The Morgan fingerprint density at radius 3 is 3.10 bits per heavy atom. The summed E-state index contributed by atoms with van der Waals surface area (Å²) in [5, 5.41) is 2.94. The third-order valence-electron chi connectivity index (χ3n) is 3.64. The lowest BCUT2D eigenvalue weighted by Gasteiger charge is -2.24. The molecule has 5 heteroatoms. The van der Waals surface area contributed by atoms with E-state index >= 15 is 0 Å². The predicted molar refractivity (Wildman–Crippen MR) is 75.9 cm³/mol. The van der Waals surface area contributed by atoms with Gasteiger partial charge >= 0.3 is 6.03 Å². The van der Waals surface area contributed by atoms with E-state index < -0.39 is 0 Å². The van der Waals surface area contributed by atoms with Crippen molar-refractivity contribution in [2.75, 3.05) is 6.54 Å². The number of pyridine rings is 1. The van der Waals surface area contributed by atoms with Gasteiger partial charge in [0.25, 0.3) is 0 Å². The second-order valence-electron chi connectivity index (χ2n) is 4.96. The number of likely N-dealkylation sites (tertiary alicyclic amines) is 1. The molecule has 0 radical (unpaired) electrons. The Morgan fingerprint density at radius 1 is 1.40 bits per heavy atom. The average molecular weight is 270 g/mol. The van der Waals surface area contributed by atoms with Gasteiger partial charge in [-0.25, -0.2) is 4.79 Å². The Kier molecular flexibility index (Phi) is 3.67. The second kappa shape index (κ2) is 5.77. The molecule has 5 nitrogen and oxygen atoms in total. The van der Waals surface area contributed by atoms with Crippen molar-refractivity contribution in [2.24, 2.45) is 0 Å². The van der Waals surface area contributed by atoms with Gasteiger partial charge in [-0.1, -0.05) is 6.07 Å². The van der Waals surface area contributed by atoms with Gasteiger partial charge in [-0.15, -0.1) is 0 Å². The zero-order chi connectivity index (χ0) is 13.8. The molecular formula is C15H18N4O. The van der Waals surface area contributed by atoms with E-state index in [-0.39, 0.29) is 12.1 Å². The van der Waals surface area contributed by atoms with Crippen LogP contribution in [0.3, 0.4) is 0 Å². The number of nitrogens with zero attached hydrogens (tertiary/aromatic N) is 2. The minimum atomic E-state index is -0.0206. The van der Waals surface area contributed by atoms with Gasteiger partial charge in [0.2, 0.25) is 0 Å². The van der Waals surface area contributed by atoms with Crippen molar-refractivity contribution < 1.29 is 4.79 Å². The predicted octanol–water partition coefficient (Wildman–Crippen LogP) is 2.46. The van der Waals surface area contributed by atoms with Crippen LogP contribution in [0.4, 0.5) is 4.79 Å². The summed E-state index contributed by atoms with van der Waals surface area (Å²) >= 11 is 0. The van der Waals surface area contributed by atoms with Gasteiger partial charge in [-0.2, -0.15) is 0 Å². The maximum atomic E-state index is 12.3. The lowest BCUT2D eigenvalue weighted by atomic mass is 10.1. The number of H-pyrrole nitrogens is 1. The van der Waals surface area contributed by atoms with Gasteiger partial charge in [-0.05, 0) is 37.1 Å². The molecule has 104 valence electrons. The summed E-state index contributed by atoms with van der Waals surface area (Å²) in [6.45, 7) is 1.27. The summed E-state index contributed by atoms with van der Waals surface area (Å²) in [6, 6.07) is 9.85. The smallest absolute Gasteiger partial charge is 0.318 e. The van der Waals surface area contributed by atoms with Gasteiger partial charge in [0, 0.05) is 24.6 Å². The van der Waals surface area contributed by atoms with Crippen LogP contribution in [0.25, 0.3) is 0 Å². The summed E-state index contributed by atoms with van der Waals surface area (Å²) in [5.41, 5.74) is 1.98. The topological polar surface area (TPSA) is 61.0 Å². The minimum absolute atomic E-state index is 0.0206. The molecule has 3 rings (SSSR count). The molecule has 0 spiro atoms. The normalized spacial score (nSPS) is 18.2. The first-order valence-electron chi connectivity index (χ1n) is 6.92. The second-order valence-corrected chi connectivity index (χ2v) is 4.96. The van der Waals surface area contributed by atoms with Crippen LogP contribution in [-0.4, -0.2) is 27.4 Å². The highest BCUT2D eigenvalue weighted by atomic mass is 16.2. The summed E-state index contributed by atoms with van der Waals surface area (Å²) in [5.74, 6) is 0. The molecule has 1 aliphatic rings. The van der Waals surface area contributed by atoms with E-state index in [1.54, 1.807) is 6.20 Å². The van der Waals surface area contributed by atoms with E-state index in [1.165, 1.54) is 0 Å². The summed E-state index contributed by atoms with van der Waals surface area (Å²) < 4.78 is 0. The number of aromatic nitrogens is 2. The van der Waals surface area contributed by atoms with Crippen molar-refractivity contribution in [1.82, 2.24) is 20.2 Å². The maximum Gasteiger partial charge on any atom is 0.318 e. The first-order valence-corrected chi connectivity index (χ1v) is 6.92. The molecule has 20 heavy (non-hydrogen) atoms. The van der Waals surface area contributed by atoms with Crippen LogP contribution in [0.15, 0.2) is 42.7 Å². The fourth-order valence-electron chi connectivity index (χ4n) is 2.66. The highest BCUT2D eigenvalue weighted by Crippen LogP contribution is 2.30. The molecule has 2 aromatic rings. The van der Waals surface area contributed by atoms with E-state index in [2.05, 4.69) is 15.3 Å². The fourth-order valence-corrected chi connectivity index (χ4v) is 2.66. The Labute approximate surface area is 118 Å². The fraction of sp³-hybridized carbons (Fsp3) is 0.333. The van der Waals surface area contributed by atoms with Crippen LogP contribution in [-0.2, 0) is 6.54 Å². The van der Waals surface area contributed by atoms with E-state index in [9.17, 15) is 4.79 Å². The standard InChI is InChI=1S/C15H18N4O/c20-15(18-11-12-5-1-2-8-16-12)19-10-4-7-14(19)13-6-3-9-17-13/h1-3,5-6,8-9,14,17H,4,7,10-11H2,(H,18,20). The molecule has 0 saturated carbocycles. The lowest BCUT2D eigenvalue weighted by Crippen LogP contribution is -2.39. The maximum absolute atomic E-state index is 12.3. The lowest BCUT2D eigenvalue weighted by molar-refractivity contribution is 0.191. The van der Waals surface area contributed by atoms with Crippen LogP contribution < -0.4 is 5.32 Å². The van der Waals surface area contributed by atoms with Crippen molar-refractivity contribution in [2.45, 2.75) is 25.4 Å². The van der Waals surface area contributed by atoms with E-state index in [0.717, 1.165) is 30.8 Å². The molecule has 0 bridgehead atoms. The number of urea groups is 1. The molecule has 3 heterocycles. The SMILES string of the molecule is O=C(NCc1ccccn1)N1CCCC1c1ccc[nH]1. The molecule has 0 aromatic carbocycles. The number of rotatable bonds is 3. The Bertz CT molecular complexity index is 553. The van der Waals surface area contributed by atoms with Gasteiger partial charge in [0.05, 0.1) is 18.3 Å². The number of hydrogen-bond acceptors (Lipinski definition) is 2. The summed E-state index contributed by atoms with van der Waals surface area (Å²) in [7, 11) is 0. The third-order valence-corrected chi connectivity index (χ3v) is 3.64. The molecular weight excluding hydrogens is 252 g/mol. The Hall–Kier alpha value is -2.30. The van der Waals surface area contributed by atoms with Crippen molar-refractivity contribution >= 4 is 6.03 Å². The largest absolute Gasteiger partial charge is 0.363 e.